The van der Waals surface area contributed by atoms with Gasteiger partial charge in [0.25, 0.3) is 5.69 Å². The summed E-state index contributed by atoms with van der Waals surface area (Å²) >= 11 is 0. The molecule has 0 unspecified atom stereocenters. The summed E-state index contributed by atoms with van der Waals surface area (Å²) in [5.41, 5.74) is 1.79. The lowest BCUT2D eigenvalue weighted by Crippen LogP contribution is -2.47. The Balaban J connectivity index is 2.22. The molecule has 1 aromatic carbocycles. The fourth-order valence-corrected chi connectivity index (χ4v) is 2.87. The van der Waals surface area contributed by atoms with Gasteiger partial charge in [0.1, 0.15) is 0 Å². The van der Waals surface area contributed by atoms with Crippen LogP contribution in [0.5, 0.6) is 0 Å². The number of ether oxygens (including phenoxy) is 1. The Morgan fingerprint density at radius 2 is 2.32 bits per heavy atom. The number of carbonyl (C=O) groups is 1. The first-order chi connectivity index (χ1) is 10.5. The van der Waals surface area contributed by atoms with E-state index < -0.39 is 4.92 Å². The topological polar surface area (TPSA) is 84.7 Å². The number of nitro groups is 1. The van der Waals surface area contributed by atoms with Crippen LogP contribution in [0.15, 0.2) is 18.2 Å². The van der Waals surface area contributed by atoms with E-state index in [0.717, 1.165) is 30.6 Å². The Morgan fingerprint density at radius 3 is 2.95 bits per heavy atom. The number of rotatable bonds is 5. The first-order valence-electron chi connectivity index (χ1n) is 7.29. The van der Waals surface area contributed by atoms with Gasteiger partial charge < -0.3 is 15.0 Å². The molecular weight excluding hydrogens is 286 g/mol. The van der Waals surface area contributed by atoms with E-state index in [1.54, 1.807) is 19.2 Å². The summed E-state index contributed by atoms with van der Waals surface area (Å²) < 4.78 is 5.17. The van der Waals surface area contributed by atoms with E-state index in [1.807, 2.05) is 0 Å². The number of nitrogens with one attached hydrogen (secondary N) is 1. The Kier molecular flexibility index (Phi) is 5.32. The molecule has 1 aromatic rings. The SMILES string of the molecule is COCc1cc([N+](=O)[O-])ccc1N1CCC[C@@H](NC(C)=O)C1. The van der Waals surface area contributed by atoms with Crippen molar-refractivity contribution in [2.75, 3.05) is 25.1 Å². The summed E-state index contributed by atoms with van der Waals surface area (Å²) in [6, 6.07) is 4.94. The van der Waals surface area contributed by atoms with Crippen LogP contribution in [0.2, 0.25) is 0 Å². The van der Waals surface area contributed by atoms with Crippen LogP contribution in [0.1, 0.15) is 25.3 Å². The van der Waals surface area contributed by atoms with Crippen molar-refractivity contribution in [3.63, 3.8) is 0 Å². The van der Waals surface area contributed by atoms with Gasteiger partial charge in [-0.3, -0.25) is 14.9 Å². The maximum absolute atomic E-state index is 11.2. The third-order valence-electron chi connectivity index (χ3n) is 3.74. The van der Waals surface area contributed by atoms with Crippen molar-refractivity contribution in [2.45, 2.75) is 32.4 Å². The molecule has 7 nitrogen and oxygen atoms in total. The van der Waals surface area contributed by atoms with E-state index in [4.69, 9.17) is 4.74 Å². The third kappa shape index (κ3) is 3.94. The molecule has 0 aliphatic carbocycles. The average molecular weight is 307 g/mol. The van der Waals surface area contributed by atoms with Crippen LogP contribution in [0, 0.1) is 10.1 Å². The molecule has 0 radical (unpaired) electrons. The van der Waals surface area contributed by atoms with Crippen molar-refractivity contribution in [2.24, 2.45) is 0 Å². The number of anilines is 1. The predicted octanol–water partition coefficient (Wildman–Crippen LogP) is 1.85. The molecule has 0 saturated carbocycles. The zero-order chi connectivity index (χ0) is 16.1. The van der Waals surface area contributed by atoms with Gasteiger partial charge in [-0.05, 0) is 18.9 Å². The highest BCUT2D eigenvalue weighted by atomic mass is 16.6. The first-order valence-corrected chi connectivity index (χ1v) is 7.29. The number of methoxy groups -OCH3 is 1. The molecule has 1 atom stereocenters. The summed E-state index contributed by atoms with van der Waals surface area (Å²) in [5, 5.41) is 13.9. The van der Waals surface area contributed by atoms with Crippen molar-refractivity contribution in [1.82, 2.24) is 5.32 Å². The lowest BCUT2D eigenvalue weighted by molar-refractivity contribution is -0.384. The molecule has 2 rings (SSSR count). The second-order valence-corrected chi connectivity index (χ2v) is 5.49. The number of carbonyl (C=O) groups excluding carboxylic acids is 1. The van der Waals surface area contributed by atoms with Crippen LogP contribution in [-0.4, -0.2) is 37.1 Å². The number of amides is 1. The Hall–Kier alpha value is -2.15. The number of hydrogen-bond acceptors (Lipinski definition) is 5. The van der Waals surface area contributed by atoms with Crippen molar-refractivity contribution >= 4 is 17.3 Å². The lowest BCUT2D eigenvalue weighted by Gasteiger charge is -2.35. The van der Waals surface area contributed by atoms with E-state index in [1.165, 1.54) is 13.0 Å². The van der Waals surface area contributed by atoms with Crippen molar-refractivity contribution < 1.29 is 14.5 Å². The van der Waals surface area contributed by atoms with Crippen molar-refractivity contribution in [3.8, 4) is 0 Å². The number of benzene rings is 1. The van der Waals surface area contributed by atoms with Gasteiger partial charge in [-0.25, -0.2) is 0 Å². The highest BCUT2D eigenvalue weighted by Gasteiger charge is 2.23. The van der Waals surface area contributed by atoms with E-state index in [-0.39, 0.29) is 17.6 Å². The molecule has 1 fully saturated rings. The minimum absolute atomic E-state index is 0.0346. The summed E-state index contributed by atoms with van der Waals surface area (Å²) in [4.78, 5) is 23.9. The quantitative estimate of drug-likeness (QED) is 0.663. The van der Waals surface area contributed by atoms with Gasteiger partial charge in [-0.1, -0.05) is 0 Å². The van der Waals surface area contributed by atoms with E-state index in [2.05, 4.69) is 10.2 Å². The molecule has 0 spiro atoms. The van der Waals surface area contributed by atoms with Gasteiger partial charge in [0.2, 0.25) is 5.91 Å². The third-order valence-corrected chi connectivity index (χ3v) is 3.74. The predicted molar refractivity (Wildman–Crippen MR) is 82.9 cm³/mol. The number of piperidine rings is 1. The van der Waals surface area contributed by atoms with E-state index in [0.29, 0.717) is 13.2 Å². The fourth-order valence-electron chi connectivity index (χ4n) is 2.87. The van der Waals surface area contributed by atoms with Crippen LogP contribution >= 0.6 is 0 Å². The van der Waals surface area contributed by atoms with Gasteiger partial charge in [0.15, 0.2) is 0 Å². The Morgan fingerprint density at radius 1 is 1.55 bits per heavy atom. The van der Waals surface area contributed by atoms with Gasteiger partial charge in [0.05, 0.1) is 11.5 Å². The zero-order valence-electron chi connectivity index (χ0n) is 12.9. The maximum Gasteiger partial charge on any atom is 0.269 e. The maximum atomic E-state index is 11.2. The Bertz CT molecular complexity index is 562. The van der Waals surface area contributed by atoms with Gasteiger partial charge in [-0.2, -0.15) is 0 Å². The summed E-state index contributed by atoms with van der Waals surface area (Å²) in [6.45, 7) is 3.40. The number of nitrogens with zero attached hydrogens (tertiary/aromatic N) is 2. The molecule has 22 heavy (non-hydrogen) atoms. The van der Waals surface area contributed by atoms with Crippen molar-refractivity contribution in [3.05, 3.63) is 33.9 Å². The monoisotopic (exact) mass is 307 g/mol. The molecule has 1 aliphatic rings. The number of hydrogen-bond donors (Lipinski definition) is 1. The number of nitro benzene ring substituents is 1. The molecule has 0 bridgehead atoms. The van der Waals surface area contributed by atoms with Gasteiger partial charge >= 0.3 is 0 Å². The Labute approximate surface area is 129 Å². The highest BCUT2D eigenvalue weighted by molar-refractivity contribution is 5.73. The molecule has 1 saturated heterocycles. The van der Waals surface area contributed by atoms with E-state index in [9.17, 15) is 14.9 Å². The van der Waals surface area contributed by atoms with Crippen LogP contribution in [0.25, 0.3) is 0 Å². The number of non-ortho nitro benzene ring substituents is 1. The smallest absolute Gasteiger partial charge is 0.269 e. The van der Waals surface area contributed by atoms with Gasteiger partial charge in [-0.15, -0.1) is 0 Å². The standard InChI is InChI=1S/C15H21N3O4/c1-11(19)16-13-4-3-7-17(9-13)15-6-5-14(18(20)21)8-12(15)10-22-2/h5-6,8,13H,3-4,7,9-10H2,1-2H3,(H,16,19)/t13-/m1/s1. The molecule has 1 amide bonds. The van der Waals surface area contributed by atoms with Gasteiger partial charge in [0, 0.05) is 56.5 Å². The lowest BCUT2D eigenvalue weighted by atomic mass is 10.0. The fraction of sp³-hybridized carbons (Fsp3) is 0.533. The normalized spacial score (nSPS) is 18.1. The minimum atomic E-state index is -0.404. The summed E-state index contributed by atoms with van der Waals surface area (Å²) in [7, 11) is 1.57. The highest BCUT2D eigenvalue weighted by Crippen LogP contribution is 2.28. The van der Waals surface area contributed by atoms with Crippen LogP contribution in [-0.2, 0) is 16.1 Å². The molecule has 1 aliphatic heterocycles. The van der Waals surface area contributed by atoms with E-state index >= 15 is 0 Å². The zero-order valence-corrected chi connectivity index (χ0v) is 12.9. The molecule has 1 heterocycles. The molecular formula is C15H21N3O4. The summed E-state index contributed by atoms with van der Waals surface area (Å²) in [6.07, 6.45) is 1.91. The molecule has 7 heteroatoms. The molecule has 1 N–H and O–H groups in total. The second-order valence-electron chi connectivity index (χ2n) is 5.49. The van der Waals surface area contributed by atoms with Crippen molar-refractivity contribution in [1.29, 1.82) is 0 Å². The first kappa shape index (κ1) is 16.2. The average Bonchev–Trinajstić information content (AvgIpc) is 2.47. The second kappa shape index (κ2) is 7.22. The molecule has 120 valence electrons. The van der Waals surface area contributed by atoms with Crippen LogP contribution < -0.4 is 10.2 Å². The van der Waals surface area contributed by atoms with Crippen LogP contribution in [0.3, 0.4) is 0 Å². The van der Waals surface area contributed by atoms with Crippen LogP contribution in [0.4, 0.5) is 11.4 Å². The summed E-state index contributed by atoms with van der Waals surface area (Å²) in [5.74, 6) is -0.0346. The minimum Gasteiger partial charge on any atom is -0.380 e. The largest absolute Gasteiger partial charge is 0.380 e. The molecule has 0 aromatic heterocycles.